The van der Waals surface area contributed by atoms with Crippen LogP contribution >= 0.6 is 0 Å². The molecule has 0 radical (unpaired) electrons. The van der Waals surface area contributed by atoms with Gasteiger partial charge in [-0.15, -0.1) is 0 Å². The molecule has 4 saturated heterocycles. The second-order valence-electron chi connectivity index (χ2n) is 3.88. The smallest absolute Gasteiger partial charge is 0.348 e. The van der Waals surface area contributed by atoms with Crippen LogP contribution < -0.4 is 0 Å². The minimum absolute atomic E-state index is 0.192. The molecule has 4 fully saturated rings. The summed E-state index contributed by atoms with van der Waals surface area (Å²) in [6.45, 7) is 0. The van der Waals surface area contributed by atoms with Gasteiger partial charge in [0.1, 0.15) is 5.92 Å². The Hall–Kier alpha value is -0.330. The SMILES string of the molecule is FC(F)(F)C1C2CC3OC(CC1O3)O2. The van der Waals surface area contributed by atoms with Gasteiger partial charge < -0.3 is 14.2 Å². The van der Waals surface area contributed by atoms with Gasteiger partial charge in [-0.05, 0) is 0 Å². The molecule has 4 aliphatic rings. The molecule has 80 valence electrons. The Labute approximate surface area is 78.1 Å². The molecular formula is C8H9F3O3. The second kappa shape index (κ2) is 2.62. The van der Waals surface area contributed by atoms with E-state index >= 15 is 0 Å². The molecule has 0 saturated carbocycles. The van der Waals surface area contributed by atoms with Gasteiger partial charge in [0.25, 0.3) is 0 Å². The van der Waals surface area contributed by atoms with Gasteiger partial charge in [-0.3, -0.25) is 0 Å². The lowest BCUT2D eigenvalue weighted by atomic mass is 9.84. The Kier molecular flexibility index (Phi) is 1.67. The molecular weight excluding hydrogens is 201 g/mol. The standard InChI is InChI=1S/C8H9F3O3/c9-8(10,11)7-3-1-5-13-4(7)2-6(12-3)14-5/h3-7H,1-2H2. The van der Waals surface area contributed by atoms with Crippen molar-refractivity contribution in [2.75, 3.05) is 0 Å². The number of halogens is 3. The van der Waals surface area contributed by atoms with E-state index in [0.29, 0.717) is 0 Å². The van der Waals surface area contributed by atoms with Crippen LogP contribution in [-0.2, 0) is 14.2 Å². The number of alkyl halides is 3. The highest BCUT2D eigenvalue weighted by molar-refractivity contribution is 4.95. The van der Waals surface area contributed by atoms with E-state index in [1.807, 2.05) is 0 Å². The summed E-state index contributed by atoms with van der Waals surface area (Å²) in [6.07, 6.45) is -6.37. The van der Waals surface area contributed by atoms with Crippen LogP contribution in [-0.4, -0.2) is 31.0 Å². The van der Waals surface area contributed by atoms with E-state index in [2.05, 4.69) is 0 Å². The summed E-state index contributed by atoms with van der Waals surface area (Å²) in [4.78, 5) is 0. The molecule has 4 aliphatic heterocycles. The quantitative estimate of drug-likeness (QED) is 0.605. The van der Waals surface area contributed by atoms with E-state index < -0.39 is 36.9 Å². The fraction of sp³-hybridized carbons (Fsp3) is 1.00. The summed E-state index contributed by atoms with van der Waals surface area (Å²) in [6, 6.07) is 0. The van der Waals surface area contributed by atoms with Gasteiger partial charge in [0, 0.05) is 12.8 Å². The predicted octanol–water partition coefficient (Wildman–Crippen LogP) is 1.43. The van der Waals surface area contributed by atoms with Gasteiger partial charge in [0.05, 0.1) is 12.2 Å². The van der Waals surface area contributed by atoms with E-state index in [0.717, 1.165) is 0 Å². The number of rotatable bonds is 0. The zero-order chi connectivity index (χ0) is 9.92. The molecule has 4 rings (SSSR count). The van der Waals surface area contributed by atoms with E-state index in [-0.39, 0.29) is 12.8 Å². The Morgan fingerprint density at radius 2 is 1.36 bits per heavy atom. The Morgan fingerprint density at radius 1 is 0.857 bits per heavy atom. The van der Waals surface area contributed by atoms with Crippen LogP contribution in [0.15, 0.2) is 0 Å². The van der Waals surface area contributed by atoms with Crippen LogP contribution in [0, 0.1) is 5.92 Å². The van der Waals surface area contributed by atoms with E-state index in [1.54, 1.807) is 0 Å². The lowest BCUT2D eigenvalue weighted by molar-refractivity contribution is -0.430. The molecule has 0 aromatic rings. The molecule has 0 aromatic carbocycles. The van der Waals surface area contributed by atoms with E-state index in [1.165, 1.54) is 0 Å². The highest BCUT2D eigenvalue weighted by Gasteiger charge is 2.60. The highest BCUT2D eigenvalue weighted by atomic mass is 19.4. The van der Waals surface area contributed by atoms with Crippen molar-refractivity contribution in [2.24, 2.45) is 5.92 Å². The Bertz CT molecular complexity index is 225. The summed E-state index contributed by atoms with van der Waals surface area (Å²) >= 11 is 0. The summed E-state index contributed by atoms with van der Waals surface area (Å²) < 4.78 is 53.3. The van der Waals surface area contributed by atoms with Gasteiger partial charge >= 0.3 is 6.18 Å². The maximum atomic E-state index is 12.6. The fourth-order valence-corrected chi connectivity index (χ4v) is 2.46. The first-order valence-electron chi connectivity index (χ1n) is 4.57. The second-order valence-corrected chi connectivity index (χ2v) is 3.88. The normalized spacial score (nSPS) is 51.2. The van der Waals surface area contributed by atoms with Gasteiger partial charge in [-0.1, -0.05) is 0 Å². The summed E-state index contributed by atoms with van der Waals surface area (Å²) in [5.74, 6) is -1.47. The van der Waals surface area contributed by atoms with Crippen molar-refractivity contribution in [1.29, 1.82) is 0 Å². The fourth-order valence-electron chi connectivity index (χ4n) is 2.46. The van der Waals surface area contributed by atoms with Crippen molar-refractivity contribution in [1.82, 2.24) is 0 Å². The number of hydrogen-bond acceptors (Lipinski definition) is 3. The van der Waals surface area contributed by atoms with Gasteiger partial charge in [-0.25, -0.2) is 0 Å². The third kappa shape index (κ3) is 1.17. The third-order valence-electron chi connectivity index (χ3n) is 2.99. The van der Waals surface area contributed by atoms with Crippen LogP contribution in [0.2, 0.25) is 0 Å². The van der Waals surface area contributed by atoms with Gasteiger partial charge in [0.15, 0.2) is 12.6 Å². The molecule has 0 N–H and O–H groups in total. The molecule has 0 spiro atoms. The molecule has 3 nitrogen and oxygen atoms in total. The first-order chi connectivity index (χ1) is 6.54. The molecule has 0 aliphatic carbocycles. The molecule has 4 heterocycles. The van der Waals surface area contributed by atoms with Crippen LogP contribution in [0.1, 0.15) is 12.8 Å². The molecule has 4 unspecified atom stereocenters. The van der Waals surface area contributed by atoms with Crippen molar-refractivity contribution in [3.8, 4) is 0 Å². The topological polar surface area (TPSA) is 27.7 Å². The van der Waals surface area contributed by atoms with E-state index in [9.17, 15) is 13.2 Å². The van der Waals surface area contributed by atoms with Crippen LogP contribution in [0.25, 0.3) is 0 Å². The zero-order valence-corrected chi connectivity index (χ0v) is 7.16. The average molecular weight is 210 g/mol. The Balaban J connectivity index is 1.88. The maximum absolute atomic E-state index is 12.6. The van der Waals surface area contributed by atoms with Gasteiger partial charge in [-0.2, -0.15) is 13.2 Å². The molecule has 4 bridgehead atoms. The van der Waals surface area contributed by atoms with Crippen LogP contribution in [0.4, 0.5) is 13.2 Å². The van der Waals surface area contributed by atoms with Crippen molar-refractivity contribution in [2.45, 2.75) is 43.8 Å². The third-order valence-corrected chi connectivity index (χ3v) is 2.99. The minimum atomic E-state index is -4.23. The lowest BCUT2D eigenvalue weighted by Gasteiger charge is -2.53. The number of ether oxygens (including phenoxy) is 3. The lowest BCUT2D eigenvalue weighted by Crippen LogP contribution is -2.63. The average Bonchev–Trinajstić information content (AvgIpc) is 1.97. The van der Waals surface area contributed by atoms with E-state index in [4.69, 9.17) is 14.2 Å². The largest absolute Gasteiger partial charge is 0.396 e. The van der Waals surface area contributed by atoms with Crippen molar-refractivity contribution < 1.29 is 27.4 Å². The Morgan fingerprint density at radius 3 is 1.79 bits per heavy atom. The first-order valence-corrected chi connectivity index (χ1v) is 4.57. The van der Waals surface area contributed by atoms with Crippen molar-refractivity contribution in [3.05, 3.63) is 0 Å². The van der Waals surface area contributed by atoms with Crippen molar-refractivity contribution >= 4 is 0 Å². The highest BCUT2D eigenvalue weighted by Crippen LogP contribution is 2.48. The predicted molar refractivity (Wildman–Crippen MR) is 37.2 cm³/mol. The maximum Gasteiger partial charge on any atom is 0.396 e. The molecule has 6 heteroatoms. The van der Waals surface area contributed by atoms with Crippen LogP contribution in [0.3, 0.4) is 0 Å². The summed E-state index contributed by atoms with van der Waals surface area (Å²) in [5.41, 5.74) is 0. The molecule has 0 amide bonds. The van der Waals surface area contributed by atoms with Crippen LogP contribution in [0.5, 0.6) is 0 Å². The summed E-state index contributed by atoms with van der Waals surface area (Å²) in [7, 11) is 0. The van der Waals surface area contributed by atoms with Gasteiger partial charge in [0.2, 0.25) is 0 Å². The first kappa shape index (κ1) is 8.94. The molecule has 0 aromatic heterocycles. The molecule has 14 heavy (non-hydrogen) atoms. The monoisotopic (exact) mass is 210 g/mol. The molecule has 4 atom stereocenters. The zero-order valence-electron chi connectivity index (χ0n) is 7.16. The number of hydrogen-bond donors (Lipinski definition) is 0. The van der Waals surface area contributed by atoms with Crippen molar-refractivity contribution in [3.63, 3.8) is 0 Å². The minimum Gasteiger partial charge on any atom is -0.348 e. The summed E-state index contributed by atoms with van der Waals surface area (Å²) in [5, 5.41) is 0.